The fourth-order valence-corrected chi connectivity index (χ4v) is 0.745. The van der Waals surface area contributed by atoms with Crippen LogP contribution < -0.4 is 0 Å². The summed E-state index contributed by atoms with van der Waals surface area (Å²) in [5, 5.41) is 0. The van der Waals surface area contributed by atoms with Gasteiger partial charge in [0.1, 0.15) is 6.67 Å². The smallest absolute Gasteiger partial charge is 0.121 e. The molecule has 56 valence electrons. The van der Waals surface area contributed by atoms with Gasteiger partial charge in [0.2, 0.25) is 0 Å². The van der Waals surface area contributed by atoms with E-state index in [1.54, 1.807) is 18.2 Å². The summed E-state index contributed by atoms with van der Waals surface area (Å²) in [6.45, 7) is 3.06. The first-order valence-corrected chi connectivity index (χ1v) is 4.48. The molecule has 0 amide bonds. The monoisotopic (exact) mass is 316 g/mol. The van der Waals surface area contributed by atoms with Crippen LogP contribution in [0.5, 0.6) is 0 Å². The maximum atomic E-state index is 11.9. The van der Waals surface area contributed by atoms with Crippen LogP contribution in [-0.2, 0) is 0 Å². The summed E-state index contributed by atoms with van der Waals surface area (Å²) >= 11 is 5.15. The average Bonchev–Trinajstić information content (AvgIpc) is 1.98. The van der Waals surface area contributed by atoms with Gasteiger partial charge in [-0.2, -0.15) is 0 Å². The van der Waals surface area contributed by atoms with Gasteiger partial charge in [-0.05, 0) is 44.6 Å². The van der Waals surface area contributed by atoms with Crippen LogP contribution >= 0.6 is 38.5 Å². The highest BCUT2D eigenvalue weighted by molar-refractivity contribution is 14.1. The Morgan fingerprint density at radius 2 is 2.30 bits per heavy atom. The number of rotatable bonds is 3. The van der Waals surface area contributed by atoms with E-state index < -0.39 is 6.67 Å². The molecule has 0 spiro atoms. The lowest BCUT2D eigenvalue weighted by Crippen LogP contribution is -1.74. The predicted octanol–water partition coefficient (Wildman–Crippen LogP) is 3.74. The molecule has 0 rings (SSSR count). The van der Waals surface area contributed by atoms with E-state index in [9.17, 15) is 4.39 Å². The molecule has 0 aromatic carbocycles. The van der Waals surface area contributed by atoms with Crippen molar-refractivity contribution in [1.29, 1.82) is 0 Å². The zero-order chi connectivity index (χ0) is 7.98. The number of halogens is 3. The summed E-state index contributed by atoms with van der Waals surface area (Å²) < 4.78 is 13.3. The fraction of sp³-hybridized carbons (Fsp3) is 0.143. The maximum absolute atomic E-state index is 11.9. The minimum Gasteiger partial charge on any atom is -0.245 e. The minimum absolute atomic E-state index is 0.428. The van der Waals surface area contributed by atoms with E-state index in [1.165, 1.54) is 0 Å². The van der Waals surface area contributed by atoms with Crippen molar-refractivity contribution in [3.63, 3.8) is 0 Å². The Bertz CT molecular complexity index is 172. The Balaban J connectivity index is 4.17. The predicted molar refractivity (Wildman–Crippen MR) is 55.3 cm³/mol. The molecule has 0 aromatic rings. The van der Waals surface area contributed by atoms with Crippen molar-refractivity contribution in [3.8, 4) is 0 Å². The lowest BCUT2D eigenvalue weighted by molar-refractivity contribution is 0.559. The summed E-state index contributed by atoms with van der Waals surface area (Å²) in [5.41, 5.74) is 0. The molecule has 3 heteroatoms. The fourth-order valence-electron chi connectivity index (χ4n) is 0.307. The van der Waals surface area contributed by atoms with Crippen molar-refractivity contribution >= 4 is 38.5 Å². The van der Waals surface area contributed by atoms with Crippen LogP contribution in [0.4, 0.5) is 4.39 Å². The van der Waals surface area contributed by atoms with Crippen LogP contribution in [0.1, 0.15) is 0 Å². The number of hydrogen-bond donors (Lipinski definition) is 0. The summed E-state index contributed by atoms with van der Waals surface area (Å²) in [4.78, 5) is 0. The highest BCUT2D eigenvalue weighted by Crippen LogP contribution is 2.19. The molecule has 0 saturated carbocycles. The van der Waals surface area contributed by atoms with Gasteiger partial charge in [0.15, 0.2) is 0 Å². The van der Waals surface area contributed by atoms with Crippen LogP contribution in [0.2, 0.25) is 0 Å². The topological polar surface area (TPSA) is 0 Å². The Hall–Kier alpha value is 0.360. The lowest BCUT2D eigenvalue weighted by atomic mass is 10.4. The molecule has 0 aliphatic heterocycles. The highest BCUT2D eigenvalue weighted by atomic mass is 127. The van der Waals surface area contributed by atoms with Gasteiger partial charge in [0, 0.05) is 8.06 Å². The first-order valence-electron chi connectivity index (χ1n) is 2.61. The van der Waals surface area contributed by atoms with E-state index in [1.807, 2.05) is 22.6 Å². The molecule has 0 aliphatic rings. The summed E-state index contributed by atoms with van der Waals surface area (Å²) in [6.07, 6.45) is 5.15. The van der Waals surface area contributed by atoms with Gasteiger partial charge >= 0.3 is 0 Å². The van der Waals surface area contributed by atoms with Crippen molar-refractivity contribution < 1.29 is 4.39 Å². The number of allylic oxidation sites excluding steroid dienone is 5. The molecular weight excluding hydrogens is 310 g/mol. The largest absolute Gasteiger partial charge is 0.245 e. The van der Waals surface area contributed by atoms with Crippen LogP contribution in [0.3, 0.4) is 0 Å². The molecule has 0 radical (unpaired) electrons. The summed E-state index contributed by atoms with van der Waals surface area (Å²) in [7, 11) is 0. The molecule has 0 unspecified atom stereocenters. The second kappa shape index (κ2) is 6.09. The Morgan fingerprint density at radius 3 is 2.70 bits per heavy atom. The van der Waals surface area contributed by atoms with Gasteiger partial charge < -0.3 is 0 Å². The van der Waals surface area contributed by atoms with Crippen LogP contribution in [0.25, 0.3) is 0 Å². The zero-order valence-electron chi connectivity index (χ0n) is 5.28. The van der Waals surface area contributed by atoms with Gasteiger partial charge in [-0.1, -0.05) is 18.7 Å². The Kier molecular flexibility index (Phi) is 6.31. The summed E-state index contributed by atoms with van der Waals surface area (Å²) in [6, 6.07) is 0. The van der Waals surface area contributed by atoms with E-state index in [2.05, 4.69) is 22.5 Å². The third kappa shape index (κ3) is 4.22. The van der Waals surface area contributed by atoms with E-state index in [0.717, 1.165) is 4.48 Å². The molecule has 0 aromatic heterocycles. The molecule has 0 nitrogen and oxygen atoms in total. The van der Waals surface area contributed by atoms with E-state index in [0.29, 0.717) is 3.58 Å². The first kappa shape index (κ1) is 10.4. The standard InChI is InChI=1S/C7H7BrFI/c1-2-3-4-6(8)7(10)5-9/h2-4H,1,5H2/b4-3-,7-6-. The minimum atomic E-state index is -0.428. The van der Waals surface area contributed by atoms with Crippen LogP contribution in [-0.4, -0.2) is 6.67 Å². The third-order valence-electron chi connectivity index (χ3n) is 0.755. The number of hydrogen-bond acceptors (Lipinski definition) is 0. The number of alkyl halides is 1. The van der Waals surface area contributed by atoms with Crippen LogP contribution in [0, 0.1) is 0 Å². The van der Waals surface area contributed by atoms with Crippen molar-refractivity contribution in [2.24, 2.45) is 0 Å². The maximum Gasteiger partial charge on any atom is 0.121 e. The molecule has 0 saturated heterocycles. The molecule has 0 aliphatic carbocycles. The molecule has 0 bridgehead atoms. The lowest BCUT2D eigenvalue weighted by Gasteiger charge is -1.91. The third-order valence-corrected chi connectivity index (χ3v) is 3.11. The SMILES string of the molecule is C=C/C=C\C(Br)=C(\I)CF. The van der Waals surface area contributed by atoms with Gasteiger partial charge in [-0.25, -0.2) is 4.39 Å². The summed E-state index contributed by atoms with van der Waals surface area (Å²) in [5.74, 6) is 0. The average molecular weight is 317 g/mol. The van der Waals surface area contributed by atoms with Crippen molar-refractivity contribution in [3.05, 3.63) is 32.9 Å². The first-order chi connectivity index (χ1) is 4.72. The van der Waals surface area contributed by atoms with Crippen molar-refractivity contribution in [2.45, 2.75) is 0 Å². The van der Waals surface area contributed by atoms with Crippen molar-refractivity contribution in [1.82, 2.24) is 0 Å². The van der Waals surface area contributed by atoms with E-state index in [4.69, 9.17) is 0 Å². The van der Waals surface area contributed by atoms with Gasteiger partial charge in [-0.15, -0.1) is 0 Å². The highest BCUT2D eigenvalue weighted by Gasteiger charge is 1.93. The van der Waals surface area contributed by atoms with Gasteiger partial charge in [-0.3, -0.25) is 0 Å². The normalized spacial score (nSPS) is 13.5. The Morgan fingerprint density at radius 1 is 1.70 bits per heavy atom. The second-order valence-electron chi connectivity index (χ2n) is 1.48. The van der Waals surface area contributed by atoms with Crippen LogP contribution in [0.15, 0.2) is 32.9 Å². The Labute approximate surface area is 82.2 Å². The molecule has 0 N–H and O–H groups in total. The quantitative estimate of drug-likeness (QED) is 0.549. The zero-order valence-corrected chi connectivity index (χ0v) is 9.02. The molecule has 0 atom stereocenters. The van der Waals surface area contributed by atoms with E-state index >= 15 is 0 Å². The molecular formula is C7H7BrFI. The second-order valence-corrected chi connectivity index (χ2v) is 3.64. The molecule has 10 heavy (non-hydrogen) atoms. The van der Waals surface area contributed by atoms with E-state index in [-0.39, 0.29) is 0 Å². The molecule has 0 fully saturated rings. The van der Waals surface area contributed by atoms with Crippen molar-refractivity contribution in [2.75, 3.05) is 6.67 Å². The molecule has 0 heterocycles. The van der Waals surface area contributed by atoms with Gasteiger partial charge in [0.25, 0.3) is 0 Å². The van der Waals surface area contributed by atoms with Gasteiger partial charge in [0.05, 0.1) is 0 Å².